The zero-order valence-electron chi connectivity index (χ0n) is 25.3. The van der Waals surface area contributed by atoms with E-state index in [9.17, 15) is 21.6 Å². The van der Waals surface area contributed by atoms with Gasteiger partial charge in [-0.25, -0.2) is 27.1 Å². The first-order valence-corrected chi connectivity index (χ1v) is 16.3. The lowest BCUT2D eigenvalue weighted by Gasteiger charge is -2.36. The molecule has 1 aliphatic rings. The van der Waals surface area contributed by atoms with Gasteiger partial charge in [0, 0.05) is 36.0 Å². The lowest BCUT2D eigenvalue weighted by atomic mass is 9.77. The van der Waals surface area contributed by atoms with E-state index in [0.717, 1.165) is 22.5 Å². The summed E-state index contributed by atoms with van der Waals surface area (Å²) in [7, 11) is -1.71. The van der Waals surface area contributed by atoms with Crippen LogP contribution in [0.4, 0.5) is 29.1 Å². The summed E-state index contributed by atoms with van der Waals surface area (Å²) in [6, 6.07) is 12.6. The SMILES string of the molecule is COc1ccc(CN(c2ccncn2)S(=O)(=O)c2cc(Cl)c(NC3CC[C@H](c4ccccc4C(F)(F)F)C[C@@H]3N)cc2F)c(OC)c1. The molecule has 0 amide bonds. The molecule has 3 aromatic carbocycles. The van der Waals surface area contributed by atoms with Crippen LogP contribution in [-0.2, 0) is 22.7 Å². The van der Waals surface area contributed by atoms with E-state index in [1.165, 1.54) is 44.9 Å². The Kier molecular flexibility index (Phi) is 10.1. The highest BCUT2D eigenvalue weighted by molar-refractivity contribution is 7.92. The molecule has 47 heavy (non-hydrogen) atoms. The number of rotatable bonds is 10. The number of alkyl halides is 3. The van der Waals surface area contributed by atoms with Crippen LogP contribution >= 0.6 is 11.6 Å². The van der Waals surface area contributed by atoms with E-state index >= 15 is 4.39 Å². The monoisotopic (exact) mass is 693 g/mol. The predicted octanol–water partition coefficient (Wildman–Crippen LogP) is 6.78. The Morgan fingerprint density at radius 2 is 1.83 bits per heavy atom. The fourth-order valence-corrected chi connectivity index (χ4v) is 7.55. The second kappa shape index (κ2) is 13.9. The molecule has 1 aliphatic carbocycles. The number of aromatic nitrogens is 2. The summed E-state index contributed by atoms with van der Waals surface area (Å²) in [5.74, 6) is -0.700. The average molecular weight is 694 g/mol. The molecule has 5 rings (SSSR count). The van der Waals surface area contributed by atoms with Gasteiger partial charge in [0.15, 0.2) is 0 Å². The maximum atomic E-state index is 15.8. The average Bonchev–Trinajstić information content (AvgIpc) is 3.05. The van der Waals surface area contributed by atoms with Gasteiger partial charge < -0.3 is 20.5 Å². The molecule has 250 valence electrons. The quantitative estimate of drug-likeness (QED) is 0.175. The third-order valence-corrected chi connectivity index (χ3v) is 10.2. The Balaban J connectivity index is 1.40. The number of sulfonamides is 1. The number of benzene rings is 3. The molecule has 1 fully saturated rings. The van der Waals surface area contributed by atoms with Crippen LogP contribution in [-0.4, -0.2) is 44.7 Å². The van der Waals surface area contributed by atoms with Gasteiger partial charge in [-0.05, 0) is 61.1 Å². The molecular weight excluding hydrogens is 662 g/mol. The first-order chi connectivity index (χ1) is 22.3. The summed E-state index contributed by atoms with van der Waals surface area (Å²) in [5, 5.41) is 2.99. The van der Waals surface area contributed by atoms with Crippen molar-refractivity contribution >= 4 is 33.1 Å². The van der Waals surface area contributed by atoms with Gasteiger partial charge in [-0.3, -0.25) is 0 Å². The molecule has 15 heteroatoms. The van der Waals surface area contributed by atoms with Crippen LogP contribution in [0.15, 0.2) is 78.1 Å². The Bertz CT molecular complexity index is 1830. The van der Waals surface area contributed by atoms with E-state index in [-0.39, 0.29) is 35.1 Å². The third kappa shape index (κ3) is 7.39. The number of anilines is 2. The highest BCUT2D eigenvalue weighted by Gasteiger charge is 2.38. The van der Waals surface area contributed by atoms with Crippen molar-refractivity contribution in [1.29, 1.82) is 0 Å². The van der Waals surface area contributed by atoms with Crippen molar-refractivity contribution in [3.8, 4) is 11.5 Å². The third-order valence-electron chi connectivity index (χ3n) is 8.17. The van der Waals surface area contributed by atoms with E-state index in [4.69, 9.17) is 26.8 Å². The molecule has 1 heterocycles. The first-order valence-electron chi connectivity index (χ1n) is 14.5. The zero-order chi connectivity index (χ0) is 33.9. The second-order valence-electron chi connectivity index (χ2n) is 11.0. The molecule has 0 aliphatic heterocycles. The molecule has 3 N–H and O–H groups in total. The van der Waals surface area contributed by atoms with Crippen LogP contribution in [0.2, 0.25) is 5.02 Å². The Morgan fingerprint density at radius 3 is 2.49 bits per heavy atom. The first kappa shape index (κ1) is 34.2. The van der Waals surface area contributed by atoms with Crippen molar-refractivity contribution in [2.24, 2.45) is 5.73 Å². The lowest BCUT2D eigenvalue weighted by molar-refractivity contribution is -0.138. The van der Waals surface area contributed by atoms with Gasteiger partial charge in [0.2, 0.25) is 0 Å². The molecule has 1 saturated carbocycles. The number of ether oxygens (including phenoxy) is 2. The van der Waals surface area contributed by atoms with E-state index in [1.807, 2.05) is 0 Å². The van der Waals surface area contributed by atoms with E-state index in [1.54, 1.807) is 24.3 Å². The summed E-state index contributed by atoms with van der Waals surface area (Å²) in [6.07, 6.45) is -0.951. The standard InChI is InChI=1S/C32H32ClF4N5O4S/c1-45-21-9-7-20(29(14-21)46-2)17-42(31-11-12-39-18-40-31)47(43,44)30-15-24(33)28(16-25(30)34)41-27-10-8-19(13-26(27)38)22-5-3-4-6-23(22)32(35,36)37/h3-7,9,11-12,14-16,18-19,26-27,41H,8,10,13,17,38H2,1-2H3/t19-,26-,27?/m0/s1. The van der Waals surface area contributed by atoms with Gasteiger partial charge in [0.05, 0.1) is 37.0 Å². The number of hydrogen-bond donors (Lipinski definition) is 2. The number of methoxy groups -OCH3 is 2. The van der Waals surface area contributed by atoms with Crippen LogP contribution in [0.3, 0.4) is 0 Å². The Labute approximate surface area is 274 Å². The second-order valence-corrected chi connectivity index (χ2v) is 13.3. The highest BCUT2D eigenvalue weighted by Crippen LogP contribution is 2.41. The summed E-state index contributed by atoms with van der Waals surface area (Å²) in [6.45, 7) is -0.279. The maximum absolute atomic E-state index is 15.8. The van der Waals surface area contributed by atoms with Gasteiger partial charge in [0.1, 0.15) is 34.4 Å². The van der Waals surface area contributed by atoms with E-state index in [0.29, 0.717) is 29.9 Å². The van der Waals surface area contributed by atoms with Crippen molar-refractivity contribution in [1.82, 2.24) is 9.97 Å². The highest BCUT2D eigenvalue weighted by atomic mass is 35.5. The lowest BCUT2D eigenvalue weighted by Crippen LogP contribution is -2.44. The fraction of sp³-hybridized carbons (Fsp3) is 0.312. The number of nitrogens with two attached hydrogens (primary N) is 1. The predicted molar refractivity (Wildman–Crippen MR) is 170 cm³/mol. The van der Waals surface area contributed by atoms with Gasteiger partial charge in [-0.2, -0.15) is 13.2 Å². The molecule has 1 unspecified atom stereocenters. The van der Waals surface area contributed by atoms with Crippen molar-refractivity contribution in [2.75, 3.05) is 23.8 Å². The summed E-state index contributed by atoms with van der Waals surface area (Å²) >= 11 is 6.52. The summed E-state index contributed by atoms with van der Waals surface area (Å²) in [4.78, 5) is 7.24. The molecule has 1 aromatic heterocycles. The van der Waals surface area contributed by atoms with Crippen molar-refractivity contribution in [3.05, 3.63) is 101 Å². The van der Waals surface area contributed by atoms with Gasteiger partial charge in [-0.15, -0.1) is 0 Å². The van der Waals surface area contributed by atoms with Crippen molar-refractivity contribution in [2.45, 2.75) is 54.9 Å². The zero-order valence-corrected chi connectivity index (χ0v) is 26.9. The van der Waals surface area contributed by atoms with Gasteiger partial charge in [-0.1, -0.05) is 29.8 Å². The largest absolute Gasteiger partial charge is 0.497 e. The molecule has 9 nitrogen and oxygen atoms in total. The van der Waals surface area contributed by atoms with Crippen LogP contribution in [0.25, 0.3) is 0 Å². The minimum atomic E-state index is -4.61. The Morgan fingerprint density at radius 1 is 1.06 bits per heavy atom. The van der Waals surface area contributed by atoms with E-state index < -0.39 is 50.5 Å². The Hall–Kier alpha value is -4.14. The van der Waals surface area contributed by atoms with Crippen molar-refractivity contribution < 1.29 is 35.5 Å². The molecule has 0 spiro atoms. The summed E-state index contributed by atoms with van der Waals surface area (Å²) in [5.41, 5.74) is 6.45. The normalized spacial score (nSPS) is 18.4. The molecule has 4 aromatic rings. The van der Waals surface area contributed by atoms with Gasteiger partial charge in [0.25, 0.3) is 10.0 Å². The van der Waals surface area contributed by atoms with Crippen LogP contribution in [0.1, 0.15) is 41.9 Å². The van der Waals surface area contributed by atoms with Crippen LogP contribution in [0.5, 0.6) is 11.5 Å². The number of halogens is 5. The molecule has 3 atom stereocenters. The molecule has 0 radical (unpaired) electrons. The smallest absolute Gasteiger partial charge is 0.416 e. The number of nitrogens with one attached hydrogen (secondary N) is 1. The topological polar surface area (TPSA) is 120 Å². The minimum absolute atomic E-state index is 0.0228. The minimum Gasteiger partial charge on any atom is -0.497 e. The number of hydrogen-bond acceptors (Lipinski definition) is 8. The fourth-order valence-electron chi connectivity index (χ4n) is 5.79. The summed E-state index contributed by atoms with van der Waals surface area (Å²) < 4.78 is 96.3. The molecule has 0 bridgehead atoms. The van der Waals surface area contributed by atoms with Crippen LogP contribution < -0.4 is 24.8 Å². The number of nitrogens with zero attached hydrogens (tertiary/aromatic N) is 3. The van der Waals surface area contributed by atoms with Crippen molar-refractivity contribution in [3.63, 3.8) is 0 Å². The van der Waals surface area contributed by atoms with Crippen LogP contribution in [0, 0.1) is 5.82 Å². The van der Waals surface area contributed by atoms with Gasteiger partial charge >= 0.3 is 6.18 Å². The maximum Gasteiger partial charge on any atom is 0.416 e. The molecular formula is C32H32ClF4N5O4S. The van der Waals surface area contributed by atoms with E-state index in [2.05, 4.69) is 15.3 Å². The molecule has 0 saturated heterocycles.